The molecule has 0 aliphatic heterocycles. The molecule has 0 saturated carbocycles. The lowest BCUT2D eigenvalue weighted by atomic mass is 10.1. The molecule has 3 heterocycles. The zero-order valence-electron chi connectivity index (χ0n) is 23.3. The molecule has 0 bridgehead atoms. The maximum absolute atomic E-state index is 13.6. The van der Waals surface area contributed by atoms with Crippen molar-refractivity contribution in [3.63, 3.8) is 0 Å². The van der Waals surface area contributed by atoms with Crippen LogP contribution in [0.15, 0.2) is 118 Å². The van der Waals surface area contributed by atoms with Crippen LogP contribution >= 0.6 is 11.3 Å². The molecule has 8 nitrogen and oxygen atoms in total. The van der Waals surface area contributed by atoms with Gasteiger partial charge in [0.2, 0.25) is 4.80 Å². The number of hydrogen-bond donors (Lipinski definition) is 0. The van der Waals surface area contributed by atoms with Crippen molar-refractivity contribution in [2.45, 2.75) is 20.8 Å². The highest BCUT2D eigenvalue weighted by atomic mass is 32.1. The number of hydrogen-bond acceptors (Lipinski definition) is 5. The molecular formula is C32H29N7OS. The Labute approximate surface area is 241 Å². The Bertz CT molecular complexity index is 1970. The summed E-state index contributed by atoms with van der Waals surface area (Å²) < 4.78 is 7.28. The summed E-state index contributed by atoms with van der Waals surface area (Å²) in [4.78, 5) is 23.3. The Morgan fingerprint density at radius 3 is 2.32 bits per heavy atom. The summed E-state index contributed by atoms with van der Waals surface area (Å²) in [5.74, 6) is 0. The third kappa shape index (κ3) is 5.03. The van der Waals surface area contributed by atoms with E-state index in [9.17, 15) is 4.79 Å². The number of para-hydroxylation sites is 1. The van der Waals surface area contributed by atoms with Gasteiger partial charge in [0.15, 0.2) is 5.69 Å². The number of nitrogens with zero attached hydrogens (tertiary/aromatic N) is 7. The van der Waals surface area contributed by atoms with Gasteiger partial charge in [0.1, 0.15) is 0 Å². The second-order valence-corrected chi connectivity index (χ2v) is 10.6. The van der Waals surface area contributed by atoms with Crippen molar-refractivity contribution >= 4 is 22.7 Å². The van der Waals surface area contributed by atoms with Crippen LogP contribution in [0.5, 0.6) is 0 Å². The minimum Gasteiger partial charge on any atom is -0.306 e. The van der Waals surface area contributed by atoms with Crippen LogP contribution in [-0.2, 0) is 7.05 Å². The average Bonchev–Trinajstić information content (AvgIpc) is 3.71. The number of rotatable bonds is 6. The Morgan fingerprint density at radius 1 is 0.902 bits per heavy atom. The van der Waals surface area contributed by atoms with E-state index in [1.54, 1.807) is 17.2 Å². The van der Waals surface area contributed by atoms with Crippen LogP contribution in [-0.4, -0.2) is 29.3 Å². The molecule has 0 radical (unpaired) electrons. The molecule has 41 heavy (non-hydrogen) atoms. The Balaban J connectivity index is 1.49. The lowest BCUT2D eigenvalue weighted by Crippen LogP contribution is -2.20. The number of aryl methyl sites for hydroxylation is 1. The predicted octanol–water partition coefficient (Wildman–Crippen LogP) is 6.01. The molecule has 0 N–H and O–H groups in total. The van der Waals surface area contributed by atoms with Gasteiger partial charge in [0.25, 0.3) is 5.56 Å². The first kappa shape index (κ1) is 26.2. The zero-order valence-corrected chi connectivity index (χ0v) is 24.1. The van der Waals surface area contributed by atoms with Crippen molar-refractivity contribution < 1.29 is 0 Å². The smallest absolute Gasteiger partial charge is 0.297 e. The molecule has 3 aromatic heterocycles. The molecule has 0 spiro atoms. The third-order valence-electron chi connectivity index (χ3n) is 7.10. The van der Waals surface area contributed by atoms with Crippen molar-refractivity contribution in [1.29, 1.82) is 0 Å². The molecule has 0 aliphatic rings. The lowest BCUT2D eigenvalue weighted by molar-refractivity contribution is 0.630. The largest absolute Gasteiger partial charge is 0.306 e. The van der Waals surface area contributed by atoms with Crippen LogP contribution in [0.1, 0.15) is 23.7 Å². The van der Waals surface area contributed by atoms with Crippen LogP contribution in [0.3, 0.4) is 0 Å². The maximum Gasteiger partial charge on any atom is 0.297 e. The minimum absolute atomic E-state index is 0.177. The van der Waals surface area contributed by atoms with Crippen molar-refractivity contribution in [3.8, 4) is 22.6 Å². The standard InChI is InChI=1S/C32H29N7OS/c1-22-10-12-26(13-11-22)29-20-41-32(34-30-24(3)36(4)39(31(30)40)28-8-6-5-7-9-28)38(29)35-23(2)25-14-16-27(17-15-25)37-19-18-33-21-37/h5-21H,1-4H3. The fraction of sp³-hybridized carbons (Fsp3) is 0.125. The Morgan fingerprint density at radius 2 is 1.63 bits per heavy atom. The molecule has 0 aliphatic carbocycles. The van der Waals surface area contributed by atoms with E-state index < -0.39 is 0 Å². The van der Waals surface area contributed by atoms with E-state index in [-0.39, 0.29) is 5.56 Å². The first-order valence-electron chi connectivity index (χ1n) is 13.2. The van der Waals surface area contributed by atoms with Crippen LogP contribution in [0, 0.1) is 13.8 Å². The van der Waals surface area contributed by atoms with Gasteiger partial charge >= 0.3 is 0 Å². The highest BCUT2D eigenvalue weighted by Crippen LogP contribution is 2.23. The van der Waals surface area contributed by atoms with Gasteiger partial charge in [0.05, 0.1) is 29.1 Å². The van der Waals surface area contributed by atoms with E-state index in [0.29, 0.717) is 10.5 Å². The van der Waals surface area contributed by atoms with Gasteiger partial charge < -0.3 is 4.57 Å². The molecule has 6 rings (SSSR count). The van der Waals surface area contributed by atoms with Crippen molar-refractivity contribution in [2.24, 2.45) is 17.1 Å². The van der Waals surface area contributed by atoms with Crippen LogP contribution in [0.4, 0.5) is 5.69 Å². The Kier molecular flexibility index (Phi) is 6.94. The fourth-order valence-electron chi connectivity index (χ4n) is 4.67. The van der Waals surface area contributed by atoms with Gasteiger partial charge in [-0.1, -0.05) is 60.2 Å². The number of aromatic nitrogens is 5. The first-order valence-corrected chi connectivity index (χ1v) is 14.1. The average molecular weight is 560 g/mol. The lowest BCUT2D eigenvalue weighted by Gasteiger charge is -2.08. The topological polar surface area (TPSA) is 74.4 Å². The molecule has 6 aromatic rings. The number of benzene rings is 3. The van der Waals surface area contributed by atoms with Crippen molar-refractivity contribution in [3.05, 3.63) is 135 Å². The fourth-order valence-corrected chi connectivity index (χ4v) is 5.51. The van der Waals surface area contributed by atoms with Gasteiger partial charge in [-0.05, 0) is 50.6 Å². The number of imidazole rings is 1. The molecule has 204 valence electrons. The molecule has 0 unspecified atom stereocenters. The van der Waals surface area contributed by atoms with E-state index in [0.717, 1.165) is 39.6 Å². The zero-order chi connectivity index (χ0) is 28.5. The van der Waals surface area contributed by atoms with E-state index in [4.69, 9.17) is 10.1 Å². The first-order chi connectivity index (χ1) is 19.9. The minimum atomic E-state index is -0.177. The summed E-state index contributed by atoms with van der Waals surface area (Å²) in [5.41, 5.74) is 7.70. The number of thiazole rings is 1. The molecule has 0 saturated heterocycles. The van der Waals surface area contributed by atoms with Gasteiger partial charge in [-0.25, -0.2) is 19.3 Å². The van der Waals surface area contributed by atoms with Crippen molar-refractivity contribution in [1.82, 2.24) is 23.6 Å². The summed E-state index contributed by atoms with van der Waals surface area (Å²) in [6.07, 6.45) is 5.45. The highest BCUT2D eigenvalue weighted by molar-refractivity contribution is 7.07. The molecule has 0 amide bonds. The summed E-state index contributed by atoms with van der Waals surface area (Å²) in [6, 6.07) is 26.1. The normalized spacial score (nSPS) is 12.3. The monoisotopic (exact) mass is 559 g/mol. The van der Waals surface area contributed by atoms with Crippen LogP contribution < -0.4 is 10.4 Å². The van der Waals surface area contributed by atoms with E-state index >= 15 is 0 Å². The molecular weight excluding hydrogens is 530 g/mol. The van der Waals surface area contributed by atoms with Gasteiger partial charge in [0, 0.05) is 36.1 Å². The van der Waals surface area contributed by atoms with Gasteiger partial charge in [-0.3, -0.25) is 9.48 Å². The quantitative estimate of drug-likeness (QED) is 0.234. The highest BCUT2D eigenvalue weighted by Gasteiger charge is 2.17. The van der Waals surface area contributed by atoms with Gasteiger partial charge in [-0.2, -0.15) is 5.10 Å². The maximum atomic E-state index is 13.6. The molecule has 9 heteroatoms. The Hall–Kier alpha value is -5.02. The second-order valence-electron chi connectivity index (χ2n) is 9.81. The SMILES string of the molecule is CC(=Nn1c(-c2ccc(C)cc2)csc1=Nc1c(C)n(C)n(-c2ccccc2)c1=O)c1ccc(-n2ccnc2)cc1. The van der Waals surface area contributed by atoms with Crippen LogP contribution in [0.25, 0.3) is 22.6 Å². The summed E-state index contributed by atoms with van der Waals surface area (Å²) in [6.45, 7) is 5.96. The van der Waals surface area contributed by atoms with E-state index in [2.05, 4.69) is 36.2 Å². The molecule has 3 aromatic carbocycles. The van der Waals surface area contributed by atoms with Crippen molar-refractivity contribution in [2.75, 3.05) is 0 Å². The van der Waals surface area contributed by atoms with Crippen LogP contribution in [0.2, 0.25) is 0 Å². The second kappa shape index (κ2) is 10.9. The van der Waals surface area contributed by atoms with E-state index in [1.165, 1.54) is 16.9 Å². The summed E-state index contributed by atoms with van der Waals surface area (Å²) in [5, 5.41) is 7.08. The summed E-state index contributed by atoms with van der Waals surface area (Å²) in [7, 11) is 1.87. The van der Waals surface area contributed by atoms with Gasteiger partial charge in [-0.15, -0.1) is 11.3 Å². The molecule has 0 atom stereocenters. The van der Waals surface area contributed by atoms with E-state index in [1.807, 2.05) is 101 Å². The predicted molar refractivity (Wildman–Crippen MR) is 165 cm³/mol. The molecule has 0 fully saturated rings. The third-order valence-corrected chi connectivity index (χ3v) is 7.92. The summed E-state index contributed by atoms with van der Waals surface area (Å²) >= 11 is 1.46.